The van der Waals surface area contributed by atoms with Gasteiger partial charge >= 0.3 is 6.18 Å². The maximum Gasteiger partial charge on any atom is 0.450 e. The van der Waals surface area contributed by atoms with Crippen molar-refractivity contribution in [1.82, 2.24) is 39.3 Å². The first-order chi connectivity index (χ1) is 26.7. The van der Waals surface area contributed by atoms with Gasteiger partial charge in [-0.25, -0.2) is 23.4 Å². The van der Waals surface area contributed by atoms with Gasteiger partial charge in [-0.1, -0.05) is 6.07 Å². The van der Waals surface area contributed by atoms with Crippen LogP contribution in [0.15, 0.2) is 56.2 Å². The lowest BCUT2D eigenvalue weighted by molar-refractivity contribution is -0.145. The topological polar surface area (TPSA) is 170 Å². The molecule has 2 fully saturated rings. The maximum atomic E-state index is 14.8. The van der Waals surface area contributed by atoms with Crippen LogP contribution in [-0.2, 0) is 46.6 Å². The van der Waals surface area contributed by atoms with Gasteiger partial charge in [-0.05, 0) is 52.3 Å². The molecule has 0 spiro atoms. The molecule has 0 bridgehead atoms. The first-order valence-corrected chi connectivity index (χ1v) is 22.8. The van der Waals surface area contributed by atoms with Gasteiger partial charge in [0.1, 0.15) is 17.5 Å². The third-order valence-electron chi connectivity index (χ3n) is 9.91. The molecule has 57 heavy (non-hydrogen) atoms. The number of halogens is 3. The molecule has 4 atom stereocenters. The number of imidazole rings is 2. The van der Waals surface area contributed by atoms with E-state index in [1.807, 2.05) is 44.1 Å². The Morgan fingerprint density at radius 3 is 2.26 bits per heavy atom. The minimum absolute atomic E-state index is 0.0127. The molecule has 3 aliphatic heterocycles. The van der Waals surface area contributed by atoms with Crippen molar-refractivity contribution in [2.45, 2.75) is 64.4 Å². The molecule has 2 saturated heterocycles. The minimum atomic E-state index is -4.91. The summed E-state index contributed by atoms with van der Waals surface area (Å²) in [5.41, 5.74) is 2.23. The molecular formula is C36H47F3N12O4S2. The average Bonchev–Trinajstić information content (AvgIpc) is 3.67. The number of ether oxygens (including phenoxy) is 2. The fourth-order valence-corrected chi connectivity index (χ4v) is 9.08. The number of aliphatic imine (C=N–C) groups is 1. The minimum Gasteiger partial charge on any atom is -0.377 e. The normalized spacial score (nSPS) is 23.1. The number of nitrogens with one attached hydrogen (secondary N) is 1. The van der Waals surface area contributed by atoms with E-state index in [4.69, 9.17) is 18.8 Å². The summed E-state index contributed by atoms with van der Waals surface area (Å²) in [6.07, 6.45) is 2.88. The predicted molar refractivity (Wildman–Crippen MR) is 213 cm³/mol. The molecule has 3 aliphatic rings. The number of aromatic nitrogens is 6. The highest BCUT2D eigenvalue weighted by Gasteiger charge is 2.40. The molecule has 7 rings (SSSR count). The number of anilines is 1. The van der Waals surface area contributed by atoms with Crippen molar-refractivity contribution >= 4 is 48.0 Å². The van der Waals surface area contributed by atoms with E-state index < -0.39 is 37.2 Å². The number of hydrogen-bond donors (Lipinski definition) is 1. The van der Waals surface area contributed by atoms with Gasteiger partial charge in [0.05, 0.1) is 77.0 Å². The predicted octanol–water partition coefficient (Wildman–Crippen LogP) is 4.72. The fourth-order valence-electron chi connectivity index (χ4n) is 7.15. The summed E-state index contributed by atoms with van der Waals surface area (Å²) in [6.45, 7) is 12.5. The molecule has 1 N–H and O–H groups in total. The molecule has 0 saturated carbocycles. The summed E-state index contributed by atoms with van der Waals surface area (Å²) < 4.78 is 94.2. The lowest BCUT2D eigenvalue weighted by Crippen LogP contribution is -2.52. The first-order valence-electron chi connectivity index (χ1n) is 18.3. The Hall–Kier alpha value is -4.60. The SMILES string of the molecule is Cc1ncn(C2(C)N=C(N3CCOC[C@H]3C)C=C(N=S(C)(=O)Cc3ccc4c(c3)nc(C(F)(F)F)n4-c3nc(N=S(C)(C)=O)cc(N4CCOC[C@H]4C)n3)N2)c1C. The van der Waals surface area contributed by atoms with Crippen molar-refractivity contribution in [2.24, 2.45) is 13.7 Å². The van der Waals surface area contributed by atoms with Gasteiger partial charge in [0, 0.05) is 59.4 Å². The Balaban J connectivity index is 1.28. The summed E-state index contributed by atoms with van der Waals surface area (Å²) in [5.74, 6) is -1.48. The molecule has 21 heteroatoms. The number of hydrogen-bond acceptors (Lipinski definition) is 14. The summed E-state index contributed by atoms with van der Waals surface area (Å²) >= 11 is 0. The summed E-state index contributed by atoms with van der Waals surface area (Å²) in [4.78, 5) is 26.5. The highest BCUT2D eigenvalue weighted by molar-refractivity contribution is 7.92. The molecule has 4 aromatic rings. The molecule has 2 unspecified atom stereocenters. The van der Waals surface area contributed by atoms with Crippen LogP contribution < -0.4 is 10.2 Å². The van der Waals surface area contributed by atoms with Gasteiger partial charge in [-0.2, -0.15) is 31.9 Å². The molecule has 6 heterocycles. The van der Waals surface area contributed by atoms with E-state index in [2.05, 4.69) is 34.5 Å². The van der Waals surface area contributed by atoms with Gasteiger partial charge in [-0.3, -0.25) is 9.13 Å². The number of aryl methyl sites for hydroxylation is 1. The number of benzene rings is 1. The first kappa shape index (κ1) is 40.6. The van der Waals surface area contributed by atoms with Crippen molar-refractivity contribution in [1.29, 1.82) is 0 Å². The fraction of sp³-hybridized carbons (Fsp3) is 0.528. The van der Waals surface area contributed by atoms with E-state index in [-0.39, 0.29) is 40.6 Å². The van der Waals surface area contributed by atoms with Gasteiger partial charge in [0.2, 0.25) is 17.6 Å². The van der Waals surface area contributed by atoms with Crippen molar-refractivity contribution in [3.63, 3.8) is 0 Å². The maximum absolute atomic E-state index is 14.8. The second-order valence-corrected chi connectivity index (χ2v) is 20.0. The Labute approximate surface area is 330 Å². The van der Waals surface area contributed by atoms with E-state index in [0.29, 0.717) is 62.6 Å². The Kier molecular flexibility index (Phi) is 10.7. The van der Waals surface area contributed by atoms with Crippen molar-refractivity contribution < 1.29 is 31.1 Å². The van der Waals surface area contributed by atoms with Crippen LogP contribution in [-0.4, -0.2) is 119 Å². The van der Waals surface area contributed by atoms with E-state index in [9.17, 15) is 21.6 Å². The van der Waals surface area contributed by atoms with Crippen LogP contribution in [0.25, 0.3) is 17.0 Å². The van der Waals surface area contributed by atoms with Crippen LogP contribution in [0, 0.1) is 13.8 Å². The second kappa shape index (κ2) is 15.0. The lowest BCUT2D eigenvalue weighted by atomic mass is 10.2. The zero-order valence-corrected chi connectivity index (χ0v) is 34.7. The molecule has 3 aromatic heterocycles. The second-order valence-electron chi connectivity index (χ2n) is 15.1. The lowest BCUT2D eigenvalue weighted by Gasteiger charge is -2.40. The smallest absolute Gasteiger partial charge is 0.377 e. The number of alkyl halides is 3. The number of fused-ring (bicyclic) bond motifs is 1. The third kappa shape index (κ3) is 8.65. The molecule has 0 radical (unpaired) electrons. The van der Waals surface area contributed by atoms with Crippen LogP contribution in [0.5, 0.6) is 0 Å². The molecular weight excluding hydrogens is 786 g/mol. The molecule has 308 valence electrons. The number of rotatable bonds is 7. The van der Waals surface area contributed by atoms with E-state index in [0.717, 1.165) is 16.0 Å². The zero-order chi connectivity index (χ0) is 41.1. The Bertz CT molecular complexity index is 2530. The van der Waals surface area contributed by atoms with Gasteiger partial charge in [0.25, 0.3) is 0 Å². The highest BCUT2D eigenvalue weighted by Crippen LogP contribution is 2.35. The summed E-state index contributed by atoms with van der Waals surface area (Å²) in [5, 5.41) is 3.35. The summed E-state index contributed by atoms with van der Waals surface area (Å²) in [6, 6.07) is 5.93. The molecule has 1 aromatic carbocycles. The standard InChI is InChI=1S/C36H47F3N12O4S2/c1-22-18-54-13-11-48(22)31-16-29(46-56(6,7)52)42-34(43-31)51-28-10-9-26(15-27(28)41-33(51)36(37,38)39)20-57(8,53)47-30-17-32(49-12-14-55-19-23(49)2)45-35(5,44-30)50-21-40-24(3)25(50)4/h9-10,15-17,21-23,44H,11-14,18-20H2,1-8H3/t22-,23-,35?,57?/m1/s1. The van der Waals surface area contributed by atoms with Crippen LogP contribution in [0.3, 0.4) is 0 Å². The van der Waals surface area contributed by atoms with E-state index in [1.165, 1.54) is 37.0 Å². The molecule has 0 amide bonds. The van der Waals surface area contributed by atoms with Crippen LogP contribution >= 0.6 is 0 Å². The number of nitrogens with zero attached hydrogens (tertiary/aromatic N) is 11. The largest absolute Gasteiger partial charge is 0.450 e. The van der Waals surface area contributed by atoms with Gasteiger partial charge < -0.3 is 24.6 Å². The van der Waals surface area contributed by atoms with Gasteiger partial charge in [0.15, 0.2) is 5.82 Å². The monoisotopic (exact) mass is 832 g/mol. The van der Waals surface area contributed by atoms with Crippen LogP contribution in [0.1, 0.15) is 43.5 Å². The van der Waals surface area contributed by atoms with Crippen LogP contribution in [0.4, 0.5) is 24.8 Å². The van der Waals surface area contributed by atoms with E-state index in [1.54, 1.807) is 18.5 Å². The Morgan fingerprint density at radius 1 is 0.965 bits per heavy atom. The van der Waals surface area contributed by atoms with Crippen molar-refractivity contribution in [3.05, 3.63) is 65.3 Å². The van der Waals surface area contributed by atoms with Crippen molar-refractivity contribution in [2.75, 3.05) is 63.2 Å². The Morgan fingerprint density at radius 2 is 1.65 bits per heavy atom. The summed E-state index contributed by atoms with van der Waals surface area (Å²) in [7, 11) is -5.79. The van der Waals surface area contributed by atoms with Crippen molar-refractivity contribution in [3.8, 4) is 5.95 Å². The third-order valence-corrected chi connectivity index (χ3v) is 12.0. The van der Waals surface area contributed by atoms with Crippen LogP contribution in [0.2, 0.25) is 0 Å². The molecule has 16 nitrogen and oxygen atoms in total. The number of morpholine rings is 2. The average molecular weight is 833 g/mol. The molecule has 0 aliphatic carbocycles. The zero-order valence-electron chi connectivity index (χ0n) is 33.1. The highest BCUT2D eigenvalue weighted by atomic mass is 32.2. The van der Waals surface area contributed by atoms with Gasteiger partial charge in [-0.15, -0.1) is 0 Å². The van der Waals surface area contributed by atoms with E-state index >= 15 is 0 Å². The quantitative estimate of drug-likeness (QED) is 0.274. The number of amidine groups is 1.